The average Bonchev–Trinajstić information content (AvgIpc) is 2.36. The highest BCUT2D eigenvalue weighted by atomic mass is 16.5. The van der Waals surface area contributed by atoms with Gasteiger partial charge in [0.05, 0.1) is 7.11 Å². The van der Waals surface area contributed by atoms with Crippen molar-refractivity contribution in [2.45, 2.75) is 57.6 Å². The Morgan fingerprint density at radius 1 is 1.47 bits per heavy atom. The molecule has 100 valence electrons. The smallest absolute Gasteiger partial charge is 0.338 e. The maximum Gasteiger partial charge on any atom is 0.338 e. The van der Waals surface area contributed by atoms with E-state index in [1.165, 1.54) is 46.1 Å². The SMILES string of the molecule is COC(=O)C(C)(O)CN[C@H](C)C1CCCCC1. The lowest BCUT2D eigenvalue weighted by molar-refractivity contribution is -0.160. The van der Waals surface area contributed by atoms with Crippen LogP contribution in [0.3, 0.4) is 0 Å². The number of esters is 1. The van der Waals surface area contributed by atoms with Crippen molar-refractivity contribution in [3.8, 4) is 0 Å². The normalized spacial score (nSPS) is 22.8. The molecule has 0 aromatic heterocycles. The first kappa shape index (κ1) is 14.5. The van der Waals surface area contributed by atoms with Crippen molar-refractivity contribution in [2.24, 2.45) is 5.92 Å². The summed E-state index contributed by atoms with van der Waals surface area (Å²) in [5.74, 6) is 0.0815. The number of hydrogen-bond donors (Lipinski definition) is 2. The minimum atomic E-state index is -1.43. The Labute approximate surface area is 104 Å². The van der Waals surface area contributed by atoms with E-state index in [0.29, 0.717) is 12.0 Å². The highest BCUT2D eigenvalue weighted by Gasteiger charge is 2.32. The number of carbonyl (C=O) groups is 1. The van der Waals surface area contributed by atoms with Crippen LogP contribution < -0.4 is 5.32 Å². The van der Waals surface area contributed by atoms with Crippen molar-refractivity contribution in [3.05, 3.63) is 0 Å². The van der Waals surface area contributed by atoms with Crippen LogP contribution in [0.1, 0.15) is 46.0 Å². The molecule has 4 nitrogen and oxygen atoms in total. The van der Waals surface area contributed by atoms with Crippen LogP contribution in [0.5, 0.6) is 0 Å². The van der Waals surface area contributed by atoms with Gasteiger partial charge in [-0.3, -0.25) is 0 Å². The highest BCUT2D eigenvalue weighted by molar-refractivity contribution is 5.78. The zero-order valence-electron chi connectivity index (χ0n) is 11.2. The van der Waals surface area contributed by atoms with E-state index in [1.54, 1.807) is 0 Å². The molecule has 0 aromatic rings. The molecule has 2 N–H and O–H groups in total. The lowest BCUT2D eigenvalue weighted by Crippen LogP contribution is -2.49. The second-order valence-electron chi connectivity index (χ2n) is 5.33. The molecule has 0 bridgehead atoms. The molecular weight excluding hydrogens is 218 g/mol. The van der Waals surface area contributed by atoms with Gasteiger partial charge in [-0.1, -0.05) is 19.3 Å². The third-order valence-corrected chi connectivity index (χ3v) is 3.75. The molecule has 17 heavy (non-hydrogen) atoms. The predicted molar refractivity (Wildman–Crippen MR) is 66.7 cm³/mol. The van der Waals surface area contributed by atoms with Gasteiger partial charge in [-0.15, -0.1) is 0 Å². The molecule has 1 saturated carbocycles. The fraction of sp³-hybridized carbons (Fsp3) is 0.923. The summed E-state index contributed by atoms with van der Waals surface area (Å²) in [4.78, 5) is 11.3. The van der Waals surface area contributed by atoms with Crippen molar-refractivity contribution in [1.82, 2.24) is 5.32 Å². The Bertz CT molecular complexity index is 247. The van der Waals surface area contributed by atoms with E-state index >= 15 is 0 Å². The van der Waals surface area contributed by atoms with Crippen molar-refractivity contribution < 1.29 is 14.6 Å². The van der Waals surface area contributed by atoms with Crippen LogP contribution in [-0.2, 0) is 9.53 Å². The zero-order chi connectivity index (χ0) is 12.9. The summed E-state index contributed by atoms with van der Waals surface area (Å²) in [6.45, 7) is 3.86. The Morgan fingerprint density at radius 2 is 2.06 bits per heavy atom. The van der Waals surface area contributed by atoms with Gasteiger partial charge in [0.2, 0.25) is 0 Å². The van der Waals surface area contributed by atoms with Gasteiger partial charge in [-0.2, -0.15) is 0 Å². The van der Waals surface area contributed by atoms with Crippen LogP contribution in [-0.4, -0.2) is 36.4 Å². The summed E-state index contributed by atoms with van der Waals surface area (Å²) in [6, 6.07) is 0.339. The quantitative estimate of drug-likeness (QED) is 0.718. The van der Waals surface area contributed by atoms with Crippen LogP contribution in [0.15, 0.2) is 0 Å². The van der Waals surface area contributed by atoms with Gasteiger partial charge in [0.1, 0.15) is 0 Å². The van der Waals surface area contributed by atoms with Crippen LogP contribution in [0.4, 0.5) is 0 Å². The summed E-state index contributed by atoms with van der Waals surface area (Å²) in [6.07, 6.45) is 6.42. The van der Waals surface area contributed by atoms with E-state index in [2.05, 4.69) is 17.0 Å². The van der Waals surface area contributed by atoms with Gasteiger partial charge in [0, 0.05) is 12.6 Å². The van der Waals surface area contributed by atoms with E-state index in [0.717, 1.165) is 0 Å². The summed E-state index contributed by atoms with van der Waals surface area (Å²) in [5, 5.41) is 13.2. The van der Waals surface area contributed by atoms with Crippen LogP contribution in [0, 0.1) is 5.92 Å². The first-order valence-corrected chi connectivity index (χ1v) is 6.51. The predicted octanol–water partition coefficient (Wildman–Crippen LogP) is 1.47. The number of ether oxygens (including phenoxy) is 1. The number of hydrogen-bond acceptors (Lipinski definition) is 4. The largest absolute Gasteiger partial charge is 0.467 e. The molecule has 1 fully saturated rings. The molecule has 0 radical (unpaired) electrons. The van der Waals surface area contributed by atoms with Crippen molar-refractivity contribution in [3.63, 3.8) is 0 Å². The van der Waals surface area contributed by atoms with E-state index in [4.69, 9.17) is 0 Å². The number of methoxy groups -OCH3 is 1. The number of aliphatic hydroxyl groups is 1. The summed E-state index contributed by atoms with van der Waals surface area (Å²) < 4.78 is 4.56. The second-order valence-corrected chi connectivity index (χ2v) is 5.33. The Balaban J connectivity index is 2.36. The monoisotopic (exact) mass is 243 g/mol. The zero-order valence-corrected chi connectivity index (χ0v) is 11.2. The number of nitrogens with one attached hydrogen (secondary N) is 1. The van der Waals surface area contributed by atoms with Gasteiger partial charge >= 0.3 is 5.97 Å². The molecule has 0 aliphatic heterocycles. The molecule has 1 aliphatic rings. The molecule has 0 spiro atoms. The lowest BCUT2D eigenvalue weighted by Gasteiger charge is -2.30. The molecule has 1 unspecified atom stereocenters. The molecular formula is C13H25NO3. The number of carbonyl (C=O) groups excluding carboxylic acids is 1. The second kappa shape index (κ2) is 6.36. The van der Waals surface area contributed by atoms with Gasteiger partial charge in [0.25, 0.3) is 0 Å². The van der Waals surface area contributed by atoms with Crippen LogP contribution >= 0.6 is 0 Å². The van der Waals surface area contributed by atoms with Gasteiger partial charge in [-0.05, 0) is 32.6 Å². The molecule has 0 saturated heterocycles. The fourth-order valence-electron chi connectivity index (χ4n) is 2.45. The Hall–Kier alpha value is -0.610. The van der Waals surface area contributed by atoms with Gasteiger partial charge in [0.15, 0.2) is 5.60 Å². The first-order chi connectivity index (χ1) is 7.97. The fourth-order valence-corrected chi connectivity index (χ4v) is 2.45. The lowest BCUT2D eigenvalue weighted by atomic mass is 9.84. The maximum atomic E-state index is 11.3. The van der Waals surface area contributed by atoms with E-state index in [1.807, 2.05) is 0 Å². The number of rotatable bonds is 5. The summed E-state index contributed by atoms with van der Waals surface area (Å²) in [7, 11) is 1.29. The van der Waals surface area contributed by atoms with Crippen LogP contribution in [0.25, 0.3) is 0 Å². The Kier molecular flexibility index (Phi) is 5.40. The molecule has 1 rings (SSSR count). The minimum Gasteiger partial charge on any atom is -0.467 e. The van der Waals surface area contributed by atoms with Crippen LogP contribution in [0.2, 0.25) is 0 Å². The van der Waals surface area contributed by atoms with Crippen molar-refractivity contribution in [1.29, 1.82) is 0 Å². The van der Waals surface area contributed by atoms with E-state index in [-0.39, 0.29) is 6.54 Å². The Morgan fingerprint density at radius 3 is 2.59 bits per heavy atom. The van der Waals surface area contributed by atoms with Crippen molar-refractivity contribution in [2.75, 3.05) is 13.7 Å². The third kappa shape index (κ3) is 4.28. The molecule has 0 aromatic carbocycles. The summed E-state index contributed by atoms with van der Waals surface area (Å²) in [5.41, 5.74) is -1.43. The highest BCUT2D eigenvalue weighted by Crippen LogP contribution is 2.26. The van der Waals surface area contributed by atoms with Crippen molar-refractivity contribution >= 4 is 5.97 Å². The molecule has 1 aliphatic carbocycles. The maximum absolute atomic E-state index is 11.3. The molecule has 0 heterocycles. The van der Waals surface area contributed by atoms with E-state index in [9.17, 15) is 9.90 Å². The topological polar surface area (TPSA) is 58.6 Å². The molecule has 0 amide bonds. The molecule has 2 atom stereocenters. The summed E-state index contributed by atoms with van der Waals surface area (Å²) >= 11 is 0. The minimum absolute atomic E-state index is 0.247. The third-order valence-electron chi connectivity index (χ3n) is 3.75. The standard InChI is InChI=1S/C13H25NO3/c1-10(11-7-5-4-6-8-11)14-9-13(2,16)12(15)17-3/h10-11,14,16H,4-9H2,1-3H3/t10-,13?/m1/s1. The van der Waals surface area contributed by atoms with Gasteiger partial charge < -0.3 is 15.2 Å². The first-order valence-electron chi connectivity index (χ1n) is 6.51. The van der Waals surface area contributed by atoms with Gasteiger partial charge in [-0.25, -0.2) is 4.79 Å². The molecule has 4 heteroatoms. The van der Waals surface area contributed by atoms with E-state index < -0.39 is 11.6 Å². The average molecular weight is 243 g/mol.